The molecule has 4 heteroatoms. The van der Waals surface area contributed by atoms with Crippen LogP contribution in [0.1, 0.15) is 21.5 Å². The Hall–Kier alpha value is -1.32. The van der Waals surface area contributed by atoms with Crippen molar-refractivity contribution < 1.29 is 9.53 Å². The van der Waals surface area contributed by atoms with Crippen LogP contribution in [0.3, 0.4) is 0 Å². The maximum Gasteiger partial charge on any atom is 0.168 e. The molecule has 0 fully saturated rings. The zero-order valence-electron chi connectivity index (χ0n) is 11.2. The summed E-state index contributed by atoms with van der Waals surface area (Å²) < 4.78 is 6.13. The van der Waals surface area contributed by atoms with E-state index in [1.54, 1.807) is 19.2 Å². The number of ketones is 1. The quantitative estimate of drug-likeness (QED) is 0.735. The lowest BCUT2D eigenvalue weighted by atomic mass is 10.0. The molecule has 0 bridgehead atoms. The first-order valence-corrected chi connectivity index (χ1v) is 7.30. The van der Waals surface area contributed by atoms with Crippen molar-refractivity contribution >= 4 is 33.3 Å². The van der Waals surface area contributed by atoms with Crippen molar-refractivity contribution in [3.63, 3.8) is 0 Å². The standard InChI is InChI=1S/C16H14BrClO2/c1-10-3-6-16(20-2)11(7-10)8-15(19)13-9-12(17)4-5-14(13)18/h3-7,9H,8H2,1-2H3. The summed E-state index contributed by atoms with van der Waals surface area (Å²) in [5, 5.41) is 0.463. The lowest BCUT2D eigenvalue weighted by molar-refractivity contribution is 0.0992. The molecule has 0 saturated carbocycles. The van der Waals surface area contributed by atoms with E-state index in [0.29, 0.717) is 10.6 Å². The number of Topliss-reactive ketones (excluding diaryl/α,β-unsaturated/α-hetero) is 1. The number of carbonyl (C=O) groups is 1. The smallest absolute Gasteiger partial charge is 0.168 e. The second-order valence-electron chi connectivity index (χ2n) is 4.54. The summed E-state index contributed by atoms with van der Waals surface area (Å²) in [6.07, 6.45) is 0.265. The van der Waals surface area contributed by atoms with E-state index in [1.807, 2.05) is 31.2 Å². The molecule has 0 radical (unpaired) electrons. The van der Waals surface area contributed by atoms with Crippen LogP contribution in [-0.4, -0.2) is 12.9 Å². The Balaban J connectivity index is 2.32. The summed E-state index contributed by atoms with van der Waals surface area (Å²) in [6, 6.07) is 11.1. The molecule has 2 nitrogen and oxygen atoms in total. The van der Waals surface area contributed by atoms with Gasteiger partial charge in [-0.15, -0.1) is 0 Å². The van der Waals surface area contributed by atoms with Crippen LogP contribution in [0.2, 0.25) is 5.02 Å². The van der Waals surface area contributed by atoms with Crippen LogP contribution in [0.5, 0.6) is 5.75 Å². The highest BCUT2D eigenvalue weighted by Gasteiger charge is 2.14. The molecule has 0 aliphatic rings. The minimum atomic E-state index is -0.0276. The first-order valence-electron chi connectivity index (χ1n) is 6.13. The SMILES string of the molecule is COc1ccc(C)cc1CC(=O)c1cc(Br)ccc1Cl. The molecule has 0 aromatic heterocycles. The summed E-state index contributed by atoms with van der Waals surface area (Å²) in [5.74, 6) is 0.690. The van der Waals surface area contributed by atoms with E-state index >= 15 is 0 Å². The lowest BCUT2D eigenvalue weighted by Crippen LogP contribution is -2.06. The van der Waals surface area contributed by atoms with Crippen LogP contribution in [0, 0.1) is 6.92 Å². The maximum absolute atomic E-state index is 12.4. The number of halogens is 2. The largest absolute Gasteiger partial charge is 0.496 e. The molecule has 0 unspecified atom stereocenters. The molecule has 0 N–H and O–H groups in total. The molecule has 2 aromatic rings. The Kier molecular flexibility index (Phi) is 4.84. The predicted molar refractivity (Wildman–Crippen MR) is 84.9 cm³/mol. The van der Waals surface area contributed by atoms with Crippen molar-refractivity contribution in [2.75, 3.05) is 7.11 Å². The number of methoxy groups -OCH3 is 1. The Bertz CT molecular complexity index is 653. The van der Waals surface area contributed by atoms with Crippen molar-refractivity contribution in [3.8, 4) is 5.75 Å². The molecule has 2 rings (SSSR count). The van der Waals surface area contributed by atoms with E-state index in [-0.39, 0.29) is 12.2 Å². The van der Waals surface area contributed by atoms with Gasteiger partial charge in [0.25, 0.3) is 0 Å². The molecular weight excluding hydrogens is 340 g/mol. The Morgan fingerprint density at radius 1 is 1.25 bits per heavy atom. The minimum Gasteiger partial charge on any atom is -0.496 e. The summed E-state index contributed by atoms with van der Waals surface area (Å²) in [6.45, 7) is 1.99. The Morgan fingerprint density at radius 2 is 2.00 bits per heavy atom. The van der Waals surface area contributed by atoms with Gasteiger partial charge in [0.2, 0.25) is 0 Å². The van der Waals surface area contributed by atoms with Crippen molar-refractivity contribution in [2.24, 2.45) is 0 Å². The third-order valence-corrected chi connectivity index (χ3v) is 3.84. The Morgan fingerprint density at radius 3 is 2.70 bits per heavy atom. The van der Waals surface area contributed by atoms with Crippen molar-refractivity contribution in [3.05, 3.63) is 62.6 Å². The number of benzene rings is 2. The van der Waals surface area contributed by atoms with E-state index in [1.165, 1.54) is 0 Å². The number of rotatable bonds is 4. The van der Waals surface area contributed by atoms with E-state index in [2.05, 4.69) is 15.9 Å². The fourth-order valence-electron chi connectivity index (χ4n) is 2.02. The van der Waals surface area contributed by atoms with Gasteiger partial charge in [0.15, 0.2) is 5.78 Å². The summed E-state index contributed by atoms with van der Waals surface area (Å²) >= 11 is 9.44. The van der Waals surface area contributed by atoms with Gasteiger partial charge in [0.1, 0.15) is 5.75 Å². The second kappa shape index (κ2) is 6.42. The molecule has 0 aliphatic carbocycles. The number of aryl methyl sites for hydroxylation is 1. The van der Waals surface area contributed by atoms with Gasteiger partial charge < -0.3 is 4.74 Å². The van der Waals surface area contributed by atoms with Crippen LogP contribution in [0.4, 0.5) is 0 Å². The van der Waals surface area contributed by atoms with Gasteiger partial charge >= 0.3 is 0 Å². The highest BCUT2D eigenvalue weighted by molar-refractivity contribution is 9.10. The van der Waals surface area contributed by atoms with Gasteiger partial charge in [-0.25, -0.2) is 0 Å². The molecule has 0 saturated heterocycles. The third kappa shape index (κ3) is 3.41. The van der Waals surface area contributed by atoms with Crippen molar-refractivity contribution in [1.82, 2.24) is 0 Å². The lowest BCUT2D eigenvalue weighted by Gasteiger charge is -2.10. The zero-order valence-corrected chi connectivity index (χ0v) is 13.6. The molecule has 104 valence electrons. The van der Waals surface area contributed by atoms with Crippen molar-refractivity contribution in [1.29, 1.82) is 0 Å². The Labute approximate surface area is 131 Å². The van der Waals surface area contributed by atoms with Crippen LogP contribution < -0.4 is 4.74 Å². The molecule has 0 heterocycles. The molecule has 0 aliphatic heterocycles. The average Bonchev–Trinajstić information content (AvgIpc) is 2.41. The number of hydrogen-bond donors (Lipinski definition) is 0. The van der Waals surface area contributed by atoms with Crippen LogP contribution in [0.25, 0.3) is 0 Å². The highest BCUT2D eigenvalue weighted by Crippen LogP contribution is 2.25. The number of hydrogen-bond acceptors (Lipinski definition) is 2. The molecular formula is C16H14BrClO2. The zero-order chi connectivity index (χ0) is 14.7. The number of ether oxygens (including phenoxy) is 1. The predicted octanol–water partition coefficient (Wildman–Crippen LogP) is 4.84. The first kappa shape index (κ1) is 15.1. The highest BCUT2D eigenvalue weighted by atomic mass is 79.9. The topological polar surface area (TPSA) is 26.3 Å². The molecule has 20 heavy (non-hydrogen) atoms. The maximum atomic E-state index is 12.4. The molecule has 0 amide bonds. The summed E-state index contributed by atoms with van der Waals surface area (Å²) in [5.41, 5.74) is 2.48. The van der Waals surface area contributed by atoms with Gasteiger partial charge in [0, 0.05) is 22.0 Å². The van der Waals surface area contributed by atoms with Crippen molar-refractivity contribution in [2.45, 2.75) is 13.3 Å². The fraction of sp³-hybridized carbons (Fsp3) is 0.188. The third-order valence-electron chi connectivity index (χ3n) is 3.02. The van der Waals surface area contributed by atoms with Crippen LogP contribution in [-0.2, 0) is 6.42 Å². The van der Waals surface area contributed by atoms with Crippen LogP contribution in [0.15, 0.2) is 40.9 Å². The molecule has 2 aromatic carbocycles. The van der Waals surface area contributed by atoms with Gasteiger partial charge in [-0.1, -0.05) is 45.2 Å². The molecule has 0 atom stereocenters. The summed E-state index contributed by atoms with van der Waals surface area (Å²) in [4.78, 5) is 12.4. The number of carbonyl (C=O) groups excluding carboxylic acids is 1. The first-order chi connectivity index (χ1) is 9.51. The van der Waals surface area contributed by atoms with E-state index in [0.717, 1.165) is 21.3 Å². The fourth-order valence-corrected chi connectivity index (χ4v) is 2.61. The van der Waals surface area contributed by atoms with E-state index < -0.39 is 0 Å². The van der Waals surface area contributed by atoms with Gasteiger partial charge in [-0.3, -0.25) is 4.79 Å². The monoisotopic (exact) mass is 352 g/mol. The van der Waals surface area contributed by atoms with Gasteiger partial charge in [-0.2, -0.15) is 0 Å². The minimum absolute atomic E-state index is 0.0276. The normalized spacial score (nSPS) is 10.4. The second-order valence-corrected chi connectivity index (χ2v) is 5.86. The summed E-state index contributed by atoms with van der Waals surface area (Å²) in [7, 11) is 1.60. The molecule has 0 spiro atoms. The van der Waals surface area contributed by atoms with Crippen LogP contribution >= 0.6 is 27.5 Å². The van der Waals surface area contributed by atoms with E-state index in [4.69, 9.17) is 16.3 Å². The average molecular weight is 354 g/mol. The van der Waals surface area contributed by atoms with Gasteiger partial charge in [-0.05, 0) is 31.2 Å². The van der Waals surface area contributed by atoms with Gasteiger partial charge in [0.05, 0.1) is 12.1 Å². The van der Waals surface area contributed by atoms with E-state index in [9.17, 15) is 4.79 Å².